The SMILES string of the molecule is CO[C@H]1CC[C@@]2(N)[C@@H]3CCC4=CC(=O)CC[C@]4(C)[C@H]3CC[C@]12C. The van der Waals surface area contributed by atoms with Gasteiger partial charge in [-0.25, -0.2) is 0 Å². The zero-order chi connectivity index (χ0) is 16.5. The minimum absolute atomic E-state index is 0.0907. The van der Waals surface area contributed by atoms with Gasteiger partial charge in [-0.15, -0.1) is 0 Å². The lowest BCUT2D eigenvalue weighted by molar-refractivity contribution is -0.119. The summed E-state index contributed by atoms with van der Waals surface area (Å²) in [5.74, 6) is 1.56. The van der Waals surface area contributed by atoms with Gasteiger partial charge >= 0.3 is 0 Å². The molecule has 3 nitrogen and oxygen atoms in total. The molecule has 23 heavy (non-hydrogen) atoms. The van der Waals surface area contributed by atoms with Crippen LogP contribution in [0.2, 0.25) is 0 Å². The van der Waals surface area contributed by atoms with Crippen LogP contribution < -0.4 is 5.73 Å². The van der Waals surface area contributed by atoms with E-state index in [9.17, 15) is 4.79 Å². The lowest BCUT2D eigenvalue weighted by Crippen LogP contribution is -2.66. The molecule has 4 rings (SSSR count). The summed E-state index contributed by atoms with van der Waals surface area (Å²) in [4.78, 5) is 11.9. The van der Waals surface area contributed by atoms with Gasteiger partial charge in [0.2, 0.25) is 0 Å². The molecule has 0 saturated heterocycles. The van der Waals surface area contributed by atoms with Crippen LogP contribution in [0.15, 0.2) is 11.6 Å². The number of methoxy groups -OCH3 is 1. The van der Waals surface area contributed by atoms with Gasteiger partial charge < -0.3 is 10.5 Å². The molecule has 0 aliphatic heterocycles. The van der Waals surface area contributed by atoms with Crippen molar-refractivity contribution in [3.05, 3.63) is 11.6 Å². The highest BCUT2D eigenvalue weighted by atomic mass is 16.5. The second kappa shape index (κ2) is 4.92. The predicted octanol–water partition coefficient (Wildman–Crippen LogP) is 3.61. The van der Waals surface area contributed by atoms with Crippen molar-refractivity contribution in [3.63, 3.8) is 0 Å². The van der Waals surface area contributed by atoms with Gasteiger partial charge in [0.25, 0.3) is 0 Å². The standard InChI is InChI=1S/C20H31NO2/c1-18-9-6-14(22)12-13(18)4-5-16-15(18)7-10-19(2)17(23-3)8-11-20(16,19)21/h12,15-17H,4-11,21H2,1-3H3/t15-,16+,17-,18-,19+,20+/m0/s1. The maximum Gasteiger partial charge on any atom is 0.155 e. The fourth-order valence-corrected chi connectivity index (χ4v) is 6.96. The summed E-state index contributed by atoms with van der Waals surface area (Å²) in [5.41, 5.74) is 8.81. The summed E-state index contributed by atoms with van der Waals surface area (Å²) in [7, 11) is 1.85. The second-order valence-corrected chi connectivity index (χ2v) is 9.06. The molecule has 4 aliphatic rings. The molecule has 0 aromatic heterocycles. The Bertz CT molecular complexity index is 570. The monoisotopic (exact) mass is 317 g/mol. The molecule has 6 atom stereocenters. The number of rotatable bonds is 1. The fourth-order valence-electron chi connectivity index (χ4n) is 6.96. The first-order valence-corrected chi connectivity index (χ1v) is 9.41. The molecule has 0 heterocycles. The maximum absolute atomic E-state index is 11.9. The molecular weight excluding hydrogens is 286 g/mol. The first-order chi connectivity index (χ1) is 10.8. The number of hydrogen-bond acceptors (Lipinski definition) is 3. The van der Waals surface area contributed by atoms with Crippen molar-refractivity contribution in [2.24, 2.45) is 28.4 Å². The molecule has 2 N–H and O–H groups in total. The molecule has 0 spiro atoms. The Kier molecular flexibility index (Phi) is 3.39. The first-order valence-electron chi connectivity index (χ1n) is 9.41. The van der Waals surface area contributed by atoms with E-state index in [-0.39, 0.29) is 16.4 Å². The van der Waals surface area contributed by atoms with Crippen LogP contribution >= 0.6 is 0 Å². The molecule has 0 aromatic rings. The van der Waals surface area contributed by atoms with Gasteiger partial charge in [0.05, 0.1) is 6.10 Å². The number of carbonyl (C=O) groups is 1. The molecule has 3 saturated carbocycles. The summed E-state index contributed by atoms with van der Waals surface area (Å²) in [5, 5.41) is 0. The van der Waals surface area contributed by atoms with E-state index in [0.29, 0.717) is 23.7 Å². The lowest BCUT2D eigenvalue weighted by Gasteiger charge is -2.62. The number of ether oxygens (including phenoxy) is 1. The quantitative estimate of drug-likeness (QED) is 0.803. The van der Waals surface area contributed by atoms with Gasteiger partial charge in [-0.3, -0.25) is 4.79 Å². The van der Waals surface area contributed by atoms with Gasteiger partial charge in [-0.05, 0) is 68.3 Å². The van der Waals surface area contributed by atoms with Crippen molar-refractivity contribution >= 4 is 5.78 Å². The molecule has 3 heteroatoms. The Morgan fingerprint density at radius 2 is 1.87 bits per heavy atom. The molecule has 0 aromatic carbocycles. The van der Waals surface area contributed by atoms with E-state index in [1.807, 2.05) is 13.2 Å². The highest BCUT2D eigenvalue weighted by Gasteiger charge is 2.65. The second-order valence-electron chi connectivity index (χ2n) is 9.06. The van der Waals surface area contributed by atoms with Crippen LogP contribution in [-0.4, -0.2) is 24.5 Å². The van der Waals surface area contributed by atoms with Crippen LogP contribution in [0, 0.1) is 22.7 Å². The Labute approximate surface area is 140 Å². The average molecular weight is 317 g/mol. The molecule has 3 fully saturated rings. The van der Waals surface area contributed by atoms with Crippen molar-refractivity contribution < 1.29 is 9.53 Å². The van der Waals surface area contributed by atoms with Gasteiger partial charge in [0.15, 0.2) is 5.78 Å². The van der Waals surface area contributed by atoms with E-state index < -0.39 is 0 Å². The topological polar surface area (TPSA) is 52.3 Å². The van der Waals surface area contributed by atoms with Crippen molar-refractivity contribution in [2.45, 2.75) is 76.9 Å². The maximum atomic E-state index is 11.9. The van der Waals surface area contributed by atoms with Crippen LogP contribution in [0.25, 0.3) is 0 Å². The first kappa shape index (κ1) is 15.8. The summed E-state index contributed by atoms with van der Waals surface area (Å²) in [6, 6.07) is 0. The number of carbonyl (C=O) groups excluding carboxylic acids is 1. The molecule has 0 amide bonds. The van der Waals surface area contributed by atoms with Gasteiger partial charge in [-0.2, -0.15) is 0 Å². The van der Waals surface area contributed by atoms with Crippen LogP contribution in [-0.2, 0) is 9.53 Å². The Morgan fingerprint density at radius 1 is 1.09 bits per heavy atom. The van der Waals surface area contributed by atoms with E-state index >= 15 is 0 Å². The summed E-state index contributed by atoms with van der Waals surface area (Å²) < 4.78 is 5.84. The Balaban J connectivity index is 1.72. The fraction of sp³-hybridized carbons (Fsp3) is 0.850. The van der Waals surface area contributed by atoms with E-state index in [1.165, 1.54) is 18.4 Å². The molecule has 0 unspecified atom stereocenters. The van der Waals surface area contributed by atoms with E-state index in [1.54, 1.807) is 0 Å². The van der Waals surface area contributed by atoms with Crippen LogP contribution in [0.4, 0.5) is 0 Å². The number of nitrogens with two attached hydrogens (primary N) is 1. The Morgan fingerprint density at radius 3 is 2.61 bits per heavy atom. The highest BCUT2D eigenvalue weighted by molar-refractivity contribution is 5.91. The van der Waals surface area contributed by atoms with Crippen LogP contribution in [0.3, 0.4) is 0 Å². The molecule has 0 bridgehead atoms. The molecule has 4 aliphatic carbocycles. The largest absolute Gasteiger partial charge is 0.381 e. The summed E-state index contributed by atoms with van der Waals surface area (Å²) in [6.45, 7) is 4.79. The predicted molar refractivity (Wildman–Crippen MR) is 90.9 cm³/mol. The minimum atomic E-state index is -0.0907. The van der Waals surface area contributed by atoms with Crippen LogP contribution in [0.5, 0.6) is 0 Å². The minimum Gasteiger partial charge on any atom is -0.381 e. The molecular formula is C20H31NO2. The van der Waals surface area contributed by atoms with Crippen molar-refractivity contribution in [1.82, 2.24) is 0 Å². The summed E-state index contributed by atoms with van der Waals surface area (Å²) in [6.07, 6.45) is 10.9. The Hall–Kier alpha value is -0.670. The number of hydrogen-bond donors (Lipinski definition) is 1. The van der Waals surface area contributed by atoms with E-state index in [4.69, 9.17) is 10.5 Å². The number of ketones is 1. The summed E-state index contributed by atoms with van der Waals surface area (Å²) >= 11 is 0. The van der Waals surface area contributed by atoms with Gasteiger partial charge in [0, 0.05) is 24.5 Å². The zero-order valence-electron chi connectivity index (χ0n) is 14.9. The van der Waals surface area contributed by atoms with Crippen molar-refractivity contribution in [3.8, 4) is 0 Å². The third-order valence-corrected chi connectivity index (χ3v) is 8.50. The zero-order valence-corrected chi connectivity index (χ0v) is 14.9. The van der Waals surface area contributed by atoms with Crippen molar-refractivity contribution in [2.75, 3.05) is 7.11 Å². The lowest BCUT2D eigenvalue weighted by atomic mass is 9.45. The van der Waals surface area contributed by atoms with Crippen molar-refractivity contribution in [1.29, 1.82) is 0 Å². The molecule has 0 radical (unpaired) electrons. The number of allylic oxidation sites excluding steroid dienone is 1. The smallest absolute Gasteiger partial charge is 0.155 e. The number of fused-ring (bicyclic) bond motifs is 5. The van der Waals surface area contributed by atoms with E-state index in [0.717, 1.165) is 38.5 Å². The normalized spacial score (nSPS) is 52.4. The highest BCUT2D eigenvalue weighted by Crippen LogP contribution is 2.66. The van der Waals surface area contributed by atoms with Gasteiger partial charge in [0.1, 0.15) is 0 Å². The third-order valence-electron chi connectivity index (χ3n) is 8.50. The van der Waals surface area contributed by atoms with Crippen LogP contribution in [0.1, 0.15) is 65.2 Å². The average Bonchev–Trinajstić information content (AvgIpc) is 2.79. The van der Waals surface area contributed by atoms with Gasteiger partial charge in [-0.1, -0.05) is 19.4 Å². The third kappa shape index (κ3) is 1.87. The van der Waals surface area contributed by atoms with E-state index in [2.05, 4.69) is 13.8 Å². The molecule has 128 valence electrons.